The van der Waals surface area contributed by atoms with E-state index >= 15 is 0 Å². The summed E-state index contributed by atoms with van der Waals surface area (Å²) in [5.41, 5.74) is 0. The van der Waals surface area contributed by atoms with Crippen LogP contribution in [-0.2, 0) is 4.79 Å². The standard InChI is InChI=1S/C32H63NO3/c1-3-5-7-9-11-12-13-14-15-16-17-18-19-20-21-22-23-25-27-31(35)30(29-34)33-32(36)28-26-24-10-8-6-4-2/h25,27,30-31,34-35H,3-24,26,28-29H2,1-2H3,(H,33,36)/b27-25+. The minimum Gasteiger partial charge on any atom is -0.394 e. The Morgan fingerprint density at radius 1 is 0.639 bits per heavy atom. The molecule has 214 valence electrons. The number of aliphatic hydroxyl groups is 2. The van der Waals surface area contributed by atoms with Crippen molar-refractivity contribution in [1.82, 2.24) is 5.32 Å². The van der Waals surface area contributed by atoms with Crippen molar-refractivity contribution in [3.63, 3.8) is 0 Å². The summed E-state index contributed by atoms with van der Waals surface area (Å²) < 4.78 is 0. The molecule has 0 aromatic carbocycles. The molecule has 2 atom stereocenters. The highest BCUT2D eigenvalue weighted by Crippen LogP contribution is 2.14. The van der Waals surface area contributed by atoms with Crippen molar-refractivity contribution in [1.29, 1.82) is 0 Å². The normalized spacial score (nSPS) is 13.3. The lowest BCUT2D eigenvalue weighted by molar-refractivity contribution is -0.123. The second-order valence-corrected chi connectivity index (χ2v) is 10.9. The van der Waals surface area contributed by atoms with E-state index in [2.05, 4.69) is 19.2 Å². The van der Waals surface area contributed by atoms with Gasteiger partial charge < -0.3 is 15.5 Å². The maximum absolute atomic E-state index is 12.1. The minimum atomic E-state index is -0.829. The number of unbranched alkanes of at least 4 members (excludes halogenated alkanes) is 21. The summed E-state index contributed by atoms with van der Waals surface area (Å²) in [5.74, 6) is -0.0743. The van der Waals surface area contributed by atoms with Crippen molar-refractivity contribution >= 4 is 5.91 Å². The van der Waals surface area contributed by atoms with Gasteiger partial charge in [-0.2, -0.15) is 0 Å². The maximum atomic E-state index is 12.1. The Morgan fingerprint density at radius 2 is 1.03 bits per heavy atom. The van der Waals surface area contributed by atoms with Gasteiger partial charge in [-0.05, 0) is 19.3 Å². The van der Waals surface area contributed by atoms with E-state index in [0.29, 0.717) is 6.42 Å². The Kier molecular flexibility index (Phi) is 28.0. The largest absolute Gasteiger partial charge is 0.394 e. The average molecular weight is 510 g/mol. The van der Waals surface area contributed by atoms with Crippen LogP contribution in [0.15, 0.2) is 12.2 Å². The maximum Gasteiger partial charge on any atom is 0.220 e. The second kappa shape index (κ2) is 28.7. The molecule has 0 fully saturated rings. The first-order valence-electron chi connectivity index (χ1n) is 15.9. The number of hydrogen-bond donors (Lipinski definition) is 3. The van der Waals surface area contributed by atoms with E-state index in [4.69, 9.17) is 0 Å². The van der Waals surface area contributed by atoms with Crippen LogP contribution < -0.4 is 5.32 Å². The summed E-state index contributed by atoms with van der Waals surface area (Å²) in [5, 5.41) is 22.6. The average Bonchev–Trinajstić information content (AvgIpc) is 2.88. The highest BCUT2D eigenvalue weighted by atomic mass is 16.3. The third kappa shape index (κ3) is 24.8. The van der Waals surface area contributed by atoms with E-state index in [-0.39, 0.29) is 12.5 Å². The topological polar surface area (TPSA) is 69.6 Å². The van der Waals surface area contributed by atoms with Gasteiger partial charge in [0, 0.05) is 6.42 Å². The van der Waals surface area contributed by atoms with E-state index in [0.717, 1.165) is 25.7 Å². The van der Waals surface area contributed by atoms with E-state index in [1.807, 2.05) is 6.08 Å². The van der Waals surface area contributed by atoms with Crippen molar-refractivity contribution < 1.29 is 15.0 Å². The van der Waals surface area contributed by atoms with E-state index in [1.54, 1.807) is 6.08 Å². The fourth-order valence-electron chi connectivity index (χ4n) is 4.76. The van der Waals surface area contributed by atoms with Gasteiger partial charge in [0.2, 0.25) is 5.91 Å². The molecule has 3 N–H and O–H groups in total. The molecule has 4 heteroatoms. The first-order chi connectivity index (χ1) is 17.7. The number of carbonyl (C=O) groups is 1. The SMILES string of the molecule is CCCCCCCCCCCCCCCCCC/C=C/C(O)C(CO)NC(=O)CCCCCCCC. The minimum absolute atomic E-state index is 0.0743. The van der Waals surface area contributed by atoms with Crippen LogP contribution in [0.2, 0.25) is 0 Å². The van der Waals surface area contributed by atoms with Crippen LogP contribution in [0.5, 0.6) is 0 Å². The third-order valence-electron chi connectivity index (χ3n) is 7.27. The summed E-state index contributed by atoms with van der Waals surface area (Å²) in [7, 11) is 0. The lowest BCUT2D eigenvalue weighted by Gasteiger charge is -2.20. The number of allylic oxidation sites excluding steroid dienone is 1. The Morgan fingerprint density at radius 3 is 1.44 bits per heavy atom. The van der Waals surface area contributed by atoms with E-state index in [9.17, 15) is 15.0 Å². The fourth-order valence-corrected chi connectivity index (χ4v) is 4.76. The Balaban J connectivity index is 3.56. The molecule has 0 aliphatic rings. The molecule has 0 aromatic heterocycles. The molecule has 0 aliphatic heterocycles. The number of rotatable bonds is 28. The van der Waals surface area contributed by atoms with Crippen LogP contribution in [0.25, 0.3) is 0 Å². The van der Waals surface area contributed by atoms with Crippen molar-refractivity contribution in [3.05, 3.63) is 12.2 Å². The van der Waals surface area contributed by atoms with Gasteiger partial charge in [-0.3, -0.25) is 4.79 Å². The molecule has 0 bridgehead atoms. The summed E-state index contributed by atoms with van der Waals surface area (Å²) in [6, 6.07) is -0.611. The molecular formula is C32H63NO3. The van der Waals surface area contributed by atoms with Gasteiger partial charge in [0.25, 0.3) is 0 Å². The van der Waals surface area contributed by atoms with Crippen LogP contribution in [0.3, 0.4) is 0 Å². The Hall–Kier alpha value is -0.870. The first kappa shape index (κ1) is 35.1. The number of aliphatic hydroxyl groups excluding tert-OH is 2. The zero-order valence-electron chi connectivity index (χ0n) is 24.3. The van der Waals surface area contributed by atoms with Gasteiger partial charge in [-0.25, -0.2) is 0 Å². The molecule has 0 aromatic rings. The van der Waals surface area contributed by atoms with Gasteiger partial charge in [-0.15, -0.1) is 0 Å². The summed E-state index contributed by atoms with van der Waals surface area (Å²) in [6.07, 6.45) is 33.1. The smallest absolute Gasteiger partial charge is 0.220 e. The highest BCUT2D eigenvalue weighted by molar-refractivity contribution is 5.76. The van der Waals surface area contributed by atoms with Crippen LogP contribution >= 0.6 is 0 Å². The first-order valence-corrected chi connectivity index (χ1v) is 15.9. The van der Waals surface area contributed by atoms with E-state index in [1.165, 1.54) is 122 Å². The molecule has 0 aliphatic carbocycles. The quantitative estimate of drug-likeness (QED) is 0.0729. The molecular weight excluding hydrogens is 446 g/mol. The number of hydrogen-bond acceptors (Lipinski definition) is 3. The fraction of sp³-hybridized carbons (Fsp3) is 0.906. The Labute approximate surface area is 225 Å². The molecule has 0 saturated carbocycles. The highest BCUT2D eigenvalue weighted by Gasteiger charge is 2.17. The molecule has 0 saturated heterocycles. The molecule has 36 heavy (non-hydrogen) atoms. The lowest BCUT2D eigenvalue weighted by atomic mass is 10.0. The molecule has 1 amide bonds. The van der Waals surface area contributed by atoms with Crippen LogP contribution in [0, 0.1) is 0 Å². The Bertz CT molecular complexity index is 480. The number of amides is 1. The summed E-state index contributed by atoms with van der Waals surface area (Å²) in [4.78, 5) is 12.1. The summed E-state index contributed by atoms with van der Waals surface area (Å²) in [6.45, 7) is 4.23. The summed E-state index contributed by atoms with van der Waals surface area (Å²) >= 11 is 0. The predicted octanol–water partition coefficient (Wildman–Crippen LogP) is 8.78. The van der Waals surface area contributed by atoms with Crippen molar-refractivity contribution in [2.45, 2.75) is 180 Å². The van der Waals surface area contributed by atoms with Crippen LogP contribution in [-0.4, -0.2) is 34.9 Å². The molecule has 0 radical (unpaired) electrons. The predicted molar refractivity (Wildman–Crippen MR) is 156 cm³/mol. The number of nitrogens with one attached hydrogen (secondary N) is 1. The van der Waals surface area contributed by atoms with Gasteiger partial charge >= 0.3 is 0 Å². The van der Waals surface area contributed by atoms with Gasteiger partial charge in [0.15, 0.2) is 0 Å². The van der Waals surface area contributed by atoms with E-state index < -0.39 is 12.1 Å². The monoisotopic (exact) mass is 509 g/mol. The van der Waals surface area contributed by atoms with Crippen LogP contribution in [0.4, 0.5) is 0 Å². The van der Waals surface area contributed by atoms with Gasteiger partial charge in [0.1, 0.15) is 0 Å². The van der Waals surface area contributed by atoms with Gasteiger partial charge in [-0.1, -0.05) is 154 Å². The third-order valence-corrected chi connectivity index (χ3v) is 7.27. The molecule has 0 spiro atoms. The zero-order valence-corrected chi connectivity index (χ0v) is 24.3. The second-order valence-electron chi connectivity index (χ2n) is 10.9. The van der Waals surface area contributed by atoms with Crippen molar-refractivity contribution in [2.75, 3.05) is 6.61 Å². The lowest BCUT2D eigenvalue weighted by Crippen LogP contribution is -2.45. The molecule has 4 nitrogen and oxygen atoms in total. The van der Waals surface area contributed by atoms with Crippen molar-refractivity contribution in [3.8, 4) is 0 Å². The number of carbonyl (C=O) groups excluding carboxylic acids is 1. The zero-order chi connectivity index (χ0) is 26.5. The molecule has 0 heterocycles. The van der Waals surface area contributed by atoms with Crippen molar-refractivity contribution in [2.24, 2.45) is 0 Å². The molecule has 2 unspecified atom stereocenters. The molecule has 0 rings (SSSR count). The van der Waals surface area contributed by atoms with Gasteiger partial charge in [0.05, 0.1) is 18.8 Å². The van der Waals surface area contributed by atoms with Crippen LogP contribution in [0.1, 0.15) is 168 Å².